The lowest BCUT2D eigenvalue weighted by molar-refractivity contribution is -0.154. The molecule has 0 spiro atoms. The second-order valence-electron chi connectivity index (χ2n) is 7.49. The van der Waals surface area contributed by atoms with Gasteiger partial charge in [0.15, 0.2) is 11.6 Å². The van der Waals surface area contributed by atoms with Gasteiger partial charge in [0.25, 0.3) is 0 Å². The van der Waals surface area contributed by atoms with Gasteiger partial charge in [-0.1, -0.05) is 6.92 Å². The van der Waals surface area contributed by atoms with Crippen LogP contribution in [0.2, 0.25) is 0 Å². The van der Waals surface area contributed by atoms with Gasteiger partial charge in [-0.3, -0.25) is 0 Å². The molecule has 3 aliphatic rings. The van der Waals surface area contributed by atoms with Crippen molar-refractivity contribution in [2.45, 2.75) is 77.5 Å². The van der Waals surface area contributed by atoms with Crippen molar-refractivity contribution in [3.8, 4) is 0 Å². The van der Waals surface area contributed by atoms with Gasteiger partial charge in [-0.15, -0.1) is 0 Å². The maximum Gasteiger partial charge on any atom is 0.163 e. The molecule has 6 atom stereocenters. The van der Waals surface area contributed by atoms with Crippen molar-refractivity contribution in [3.05, 3.63) is 0 Å². The molecule has 3 saturated heterocycles. The third-order valence-corrected chi connectivity index (χ3v) is 4.85. The molecule has 21 heavy (non-hydrogen) atoms. The molecule has 0 unspecified atom stereocenters. The van der Waals surface area contributed by atoms with E-state index < -0.39 is 11.6 Å². The third-order valence-electron chi connectivity index (χ3n) is 4.85. The first-order valence-electron chi connectivity index (χ1n) is 7.97. The minimum Gasteiger partial charge on any atom is -0.375 e. The second-order valence-corrected chi connectivity index (χ2v) is 7.49. The van der Waals surface area contributed by atoms with Gasteiger partial charge in [0.2, 0.25) is 0 Å². The molecule has 122 valence electrons. The van der Waals surface area contributed by atoms with Gasteiger partial charge in [0, 0.05) is 5.92 Å². The molecule has 3 rings (SSSR count). The maximum absolute atomic E-state index is 6.09. The summed E-state index contributed by atoms with van der Waals surface area (Å²) in [6, 6.07) is 0. The van der Waals surface area contributed by atoms with Crippen LogP contribution in [0.3, 0.4) is 0 Å². The molecule has 0 aliphatic carbocycles. The Morgan fingerprint density at radius 3 is 2.05 bits per heavy atom. The first kappa shape index (κ1) is 15.7. The molecule has 3 fully saturated rings. The van der Waals surface area contributed by atoms with Crippen LogP contribution in [0.4, 0.5) is 0 Å². The highest BCUT2D eigenvalue weighted by atomic mass is 16.8. The lowest BCUT2D eigenvalue weighted by atomic mass is 9.84. The van der Waals surface area contributed by atoms with Crippen LogP contribution < -0.4 is 0 Å². The van der Waals surface area contributed by atoms with Crippen LogP contribution in [0.1, 0.15) is 41.5 Å². The van der Waals surface area contributed by atoms with E-state index in [9.17, 15) is 0 Å². The first-order valence-corrected chi connectivity index (χ1v) is 7.97. The summed E-state index contributed by atoms with van der Waals surface area (Å²) in [5.41, 5.74) is 0. The molecule has 0 aromatic heterocycles. The van der Waals surface area contributed by atoms with Gasteiger partial charge in [-0.05, 0) is 40.5 Å². The second kappa shape index (κ2) is 5.17. The predicted molar refractivity (Wildman–Crippen MR) is 76.8 cm³/mol. The SMILES string of the molecule is C[C@H]1[C@@H]([C@H]2OC(C)(C)O[C@H]2C)CO[C@@H]1[C@H]1COC(C)(C)O1. The van der Waals surface area contributed by atoms with Crippen molar-refractivity contribution >= 4 is 0 Å². The lowest BCUT2D eigenvalue weighted by Crippen LogP contribution is -2.38. The summed E-state index contributed by atoms with van der Waals surface area (Å²) in [4.78, 5) is 0. The number of ether oxygens (including phenoxy) is 5. The largest absolute Gasteiger partial charge is 0.375 e. The fourth-order valence-corrected chi connectivity index (χ4v) is 3.89. The number of hydrogen-bond donors (Lipinski definition) is 0. The Morgan fingerprint density at radius 1 is 0.810 bits per heavy atom. The molecule has 0 aromatic carbocycles. The minimum atomic E-state index is -0.506. The summed E-state index contributed by atoms with van der Waals surface area (Å²) in [6.07, 6.45) is 0.240. The smallest absolute Gasteiger partial charge is 0.163 e. The van der Waals surface area contributed by atoms with Crippen LogP contribution in [0.5, 0.6) is 0 Å². The van der Waals surface area contributed by atoms with Gasteiger partial charge in [-0.2, -0.15) is 0 Å². The van der Waals surface area contributed by atoms with E-state index in [1.54, 1.807) is 0 Å². The van der Waals surface area contributed by atoms with Gasteiger partial charge >= 0.3 is 0 Å². The Hall–Kier alpha value is -0.200. The summed E-state index contributed by atoms with van der Waals surface area (Å²) in [6.45, 7) is 13.4. The van der Waals surface area contributed by atoms with Crippen LogP contribution in [0.15, 0.2) is 0 Å². The Bertz CT molecular complexity index is 394. The van der Waals surface area contributed by atoms with Crippen LogP contribution in [-0.4, -0.2) is 49.2 Å². The molecule has 0 bridgehead atoms. The Kier molecular flexibility index (Phi) is 3.86. The molecule has 0 aromatic rings. The molecule has 5 heteroatoms. The monoisotopic (exact) mass is 300 g/mol. The van der Waals surface area contributed by atoms with Crippen LogP contribution in [-0.2, 0) is 23.7 Å². The van der Waals surface area contributed by atoms with Crippen molar-refractivity contribution < 1.29 is 23.7 Å². The Morgan fingerprint density at radius 2 is 1.52 bits per heavy atom. The highest BCUT2D eigenvalue weighted by Crippen LogP contribution is 2.42. The van der Waals surface area contributed by atoms with Crippen molar-refractivity contribution in [1.29, 1.82) is 0 Å². The summed E-state index contributed by atoms with van der Waals surface area (Å²) in [5.74, 6) is -0.318. The highest BCUT2D eigenvalue weighted by molar-refractivity contribution is 4.95. The molecule has 0 radical (unpaired) electrons. The zero-order valence-electron chi connectivity index (χ0n) is 13.9. The zero-order valence-corrected chi connectivity index (χ0v) is 13.9. The van der Waals surface area contributed by atoms with Crippen LogP contribution in [0, 0.1) is 11.8 Å². The molecule has 5 nitrogen and oxygen atoms in total. The molecule has 3 heterocycles. The quantitative estimate of drug-likeness (QED) is 0.783. The molecular weight excluding hydrogens is 272 g/mol. The van der Waals surface area contributed by atoms with Crippen molar-refractivity contribution in [1.82, 2.24) is 0 Å². The van der Waals surface area contributed by atoms with Crippen molar-refractivity contribution in [2.75, 3.05) is 13.2 Å². The normalized spacial score (nSPS) is 48.9. The van der Waals surface area contributed by atoms with E-state index in [0.717, 1.165) is 0 Å². The Balaban J connectivity index is 1.66. The van der Waals surface area contributed by atoms with E-state index in [1.807, 2.05) is 27.7 Å². The van der Waals surface area contributed by atoms with E-state index in [0.29, 0.717) is 25.0 Å². The van der Waals surface area contributed by atoms with E-state index in [4.69, 9.17) is 23.7 Å². The van der Waals surface area contributed by atoms with Crippen molar-refractivity contribution in [2.24, 2.45) is 11.8 Å². The minimum absolute atomic E-state index is 0.00522. The molecule has 3 aliphatic heterocycles. The standard InChI is InChI=1S/C16H28O5/c1-9-11(14-10(2)19-16(5,6)21-14)7-17-13(9)12-8-18-15(3,4)20-12/h9-14H,7-8H2,1-6H3/t9-,10-,11-,12+,13-,14-/m0/s1. The van der Waals surface area contributed by atoms with Crippen molar-refractivity contribution in [3.63, 3.8) is 0 Å². The summed E-state index contributed by atoms with van der Waals surface area (Å²) >= 11 is 0. The van der Waals surface area contributed by atoms with Gasteiger partial charge in [0.05, 0.1) is 31.5 Å². The maximum atomic E-state index is 6.09. The molecule has 0 saturated carbocycles. The lowest BCUT2D eigenvalue weighted by Gasteiger charge is -2.27. The van der Waals surface area contributed by atoms with E-state index in [1.165, 1.54) is 0 Å². The summed E-state index contributed by atoms with van der Waals surface area (Å²) in [7, 11) is 0. The van der Waals surface area contributed by atoms with E-state index >= 15 is 0 Å². The molecular formula is C16H28O5. The number of rotatable bonds is 2. The summed E-state index contributed by atoms with van der Waals surface area (Å²) in [5, 5.41) is 0. The zero-order chi connectivity index (χ0) is 15.4. The van der Waals surface area contributed by atoms with E-state index in [-0.39, 0.29) is 24.4 Å². The average Bonchev–Trinajstić information content (AvgIpc) is 2.95. The van der Waals surface area contributed by atoms with E-state index in [2.05, 4.69) is 13.8 Å². The van der Waals surface area contributed by atoms with Gasteiger partial charge in [0.1, 0.15) is 6.10 Å². The highest BCUT2D eigenvalue weighted by Gasteiger charge is 2.51. The fourth-order valence-electron chi connectivity index (χ4n) is 3.89. The van der Waals surface area contributed by atoms with Gasteiger partial charge in [-0.25, -0.2) is 0 Å². The van der Waals surface area contributed by atoms with Gasteiger partial charge < -0.3 is 23.7 Å². The number of hydrogen-bond acceptors (Lipinski definition) is 5. The first-order chi connectivity index (χ1) is 9.69. The summed E-state index contributed by atoms with van der Waals surface area (Å²) < 4.78 is 29.7. The molecule has 0 amide bonds. The topological polar surface area (TPSA) is 46.2 Å². The predicted octanol–water partition coefficient (Wildman–Crippen LogP) is 2.33. The molecule has 0 N–H and O–H groups in total. The Labute approximate surface area is 127 Å². The van der Waals surface area contributed by atoms with Crippen LogP contribution in [0.25, 0.3) is 0 Å². The average molecular weight is 300 g/mol. The third kappa shape index (κ3) is 2.99. The fraction of sp³-hybridized carbons (Fsp3) is 1.00. The van der Waals surface area contributed by atoms with Crippen LogP contribution >= 0.6 is 0 Å².